The predicted molar refractivity (Wildman–Crippen MR) is 91.8 cm³/mol. The molecule has 5 nitrogen and oxygen atoms in total. The van der Waals surface area contributed by atoms with E-state index < -0.39 is 0 Å². The minimum atomic E-state index is -0.364. The Morgan fingerprint density at radius 1 is 1.33 bits per heavy atom. The summed E-state index contributed by atoms with van der Waals surface area (Å²) in [5.41, 5.74) is 1.33. The quantitative estimate of drug-likeness (QED) is 0.921. The van der Waals surface area contributed by atoms with Gasteiger partial charge >= 0.3 is 0 Å². The van der Waals surface area contributed by atoms with Crippen LogP contribution >= 0.6 is 11.3 Å². The minimum absolute atomic E-state index is 0.213. The molecule has 1 aliphatic rings. The van der Waals surface area contributed by atoms with Gasteiger partial charge < -0.3 is 4.74 Å². The van der Waals surface area contributed by atoms with Crippen LogP contribution < -0.4 is 5.32 Å². The van der Waals surface area contributed by atoms with Gasteiger partial charge in [-0.1, -0.05) is 0 Å². The number of hydrogen-bond acceptors (Lipinski definition) is 5. The van der Waals surface area contributed by atoms with Gasteiger partial charge in [-0.2, -0.15) is 0 Å². The summed E-state index contributed by atoms with van der Waals surface area (Å²) in [4.78, 5) is 18.9. The summed E-state index contributed by atoms with van der Waals surface area (Å²) in [7, 11) is 0. The van der Waals surface area contributed by atoms with Crippen molar-refractivity contribution in [1.82, 2.24) is 9.88 Å². The molecule has 1 aliphatic heterocycles. The lowest BCUT2D eigenvalue weighted by Gasteiger charge is -2.34. The summed E-state index contributed by atoms with van der Waals surface area (Å²) in [6, 6.07) is 5.44. The fourth-order valence-electron chi connectivity index (χ4n) is 2.85. The highest BCUT2D eigenvalue weighted by Crippen LogP contribution is 2.20. The molecule has 128 valence electrons. The normalized spacial score (nSPS) is 21.6. The first-order valence-electron chi connectivity index (χ1n) is 7.89. The Balaban J connectivity index is 1.59. The van der Waals surface area contributed by atoms with Crippen molar-refractivity contribution < 1.29 is 13.9 Å². The van der Waals surface area contributed by atoms with E-state index in [2.05, 4.69) is 29.0 Å². The molecule has 2 atom stereocenters. The van der Waals surface area contributed by atoms with Crippen LogP contribution in [0.25, 0.3) is 0 Å². The van der Waals surface area contributed by atoms with E-state index in [4.69, 9.17) is 4.74 Å². The number of aromatic nitrogens is 1. The molecule has 0 bridgehead atoms. The lowest BCUT2D eigenvalue weighted by Crippen LogP contribution is -2.44. The van der Waals surface area contributed by atoms with Gasteiger partial charge in [0.25, 0.3) is 5.91 Å². The molecule has 7 heteroatoms. The monoisotopic (exact) mass is 349 g/mol. The Kier molecular flexibility index (Phi) is 5.23. The maximum absolute atomic E-state index is 12.9. The molecule has 0 radical (unpaired) electrons. The van der Waals surface area contributed by atoms with Gasteiger partial charge in [-0.25, -0.2) is 9.37 Å². The average molecular weight is 349 g/mol. The number of anilines is 1. The summed E-state index contributed by atoms with van der Waals surface area (Å²) in [6.07, 6.45) is 0.426. The molecule has 2 aromatic rings. The molecular weight excluding hydrogens is 329 g/mol. The van der Waals surface area contributed by atoms with Crippen LogP contribution in [0, 0.1) is 5.82 Å². The van der Waals surface area contributed by atoms with E-state index in [1.54, 1.807) is 0 Å². The van der Waals surface area contributed by atoms with Gasteiger partial charge in [0, 0.05) is 30.6 Å². The number of nitrogens with one attached hydrogen (secondary N) is 1. The molecule has 1 aromatic carbocycles. The fourth-order valence-corrected chi connectivity index (χ4v) is 3.55. The molecular formula is C17H20FN3O2S. The van der Waals surface area contributed by atoms with Gasteiger partial charge in [0.15, 0.2) is 5.13 Å². The maximum atomic E-state index is 12.9. The Labute approximate surface area is 144 Å². The molecule has 0 unspecified atom stereocenters. The molecule has 1 amide bonds. The molecule has 0 saturated carbocycles. The van der Waals surface area contributed by atoms with E-state index in [0.717, 1.165) is 25.3 Å². The van der Waals surface area contributed by atoms with Gasteiger partial charge in [0.05, 0.1) is 17.9 Å². The standard InChI is InChI=1S/C17H20FN3O2S/c1-11-7-21(8-12(2)23-11)9-15-10-24-17(19-15)20-16(22)13-3-5-14(18)6-4-13/h3-6,10-12H,7-9H2,1-2H3,(H,19,20,22)/t11-,12-/m0/s1. The molecule has 0 aliphatic carbocycles. The zero-order valence-electron chi connectivity index (χ0n) is 13.7. The highest BCUT2D eigenvalue weighted by molar-refractivity contribution is 7.13. The molecule has 2 heterocycles. The zero-order valence-corrected chi connectivity index (χ0v) is 14.5. The number of morpholine rings is 1. The number of benzene rings is 1. The van der Waals surface area contributed by atoms with E-state index in [-0.39, 0.29) is 23.9 Å². The predicted octanol–water partition coefficient (Wildman–Crippen LogP) is 3.14. The number of halogens is 1. The van der Waals surface area contributed by atoms with E-state index in [1.165, 1.54) is 35.6 Å². The topological polar surface area (TPSA) is 54.5 Å². The summed E-state index contributed by atoms with van der Waals surface area (Å²) in [5, 5.41) is 5.25. The van der Waals surface area contributed by atoms with E-state index >= 15 is 0 Å². The van der Waals surface area contributed by atoms with Crippen molar-refractivity contribution in [3.8, 4) is 0 Å². The van der Waals surface area contributed by atoms with E-state index in [0.29, 0.717) is 10.7 Å². The fraction of sp³-hybridized carbons (Fsp3) is 0.412. The molecule has 3 rings (SSSR count). The SMILES string of the molecule is C[C@H]1CN(Cc2csc(NC(=O)c3ccc(F)cc3)n2)C[C@H](C)O1. The first kappa shape index (κ1) is 17.0. The average Bonchev–Trinajstić information content (AvgIpc) is 2.93. The largest absolute Gasteiger partial charge is 0.373 e. The van der Waals surface area contributed by atoms with Crippen molar-refractivity contribution in [2.75, 3.05) is 18.4 Å². The van der Waals surface area contributed by atoms with Gasteiger partial charge in [-0.3, -0.25) is 15.0 Å². The molecule has 1 N–H and O–H groups in total. The second kappa shape index (κ2) is 7.38. The highest BCUT2D eigenvalue weighted by Gasteiger charge is 2.22. The summed E-state index contributed by atoms with van der Waals surface area (Å²) in [5.74, 6) is -0.651. The number of carbonyl (C=O) groups is 1. The number of carbonyl (C=O) groups excluding carboxylic acids is 1. The van der Waals surface area contributed by atoms with Crippen molar-refractivity contribution in [2.24, 2.45) is 0 Å². The molecule has 0 spiro atoms. The van der Waals surface area contributed by atoms with Crippen LogP contribution in [0.4, 0.5) is 9.52 Å². The smallest absolute Gasteiger partial charge is 0.257 e. The maximum Gasteiger partial charge on any atom is 0.257 e. The van der Waals surface area contributed by atoms with Crippen LogP contribution in [0.5, 0.6) is 0 Å². The van der Waals surface area contributed by atoms with Crippen LogP contribution in [-0.2, 0) is 11.3 Å². The molecule has 24 heavy (non-hydrogen) atoms. The third-order valence-corrected chi connectivity index (χ3v) is 4.57. The van der Waals surface area contributed by atoms with Crippen molar-refractivity contribution in [1.29, 1.82) is 0 Å². The third kappa shape index (κ3) is 4.37. The van der Waals surface area contributed by atoms with Gasteiger partial charge in [0.2, 0.25) is 0 Å². The lowest BCUT2D eigenvalue weighted by molar-refractivity contribution is -0.0707. The van der Waals surface area contributed by atoms with Crippen LogP contribution in [0.3, 0.4) is 0 Å². The third-order valence-electron chi connectivity index (χ3n) is 3.76. The first-order chi connectivity index (χ1) is 11.5. The second-order valence-corrected chi connectivity index (χ2v) is 6.91. The molecule has 1 saturated heterocycles. The van der Waals surface area contributed by atoms with Crippen molar-refractivity contribution >= 4 is 22.4 Å². The summed E-state index contributed by atoms with van der Waals surface area (Å²) in [6.45, 7) is 6.62. The Morgan fingerprint density at radius 3 is 2.67 bits per heavy atom. The number of hydrogen-bond donors (Lipinski definition) is 1. The Bertz CT molecular complexity index is 694. The molecule has 1 aromatic heterocycles. The molecule has 1 fully saturated rings. The first-order valence-corrected chi connectivity index (χ1v) is 8.76. The number of amides is 1. The van der Waals surface area contributed by atoms with Crippen LogP contribution in [0.1, 0.15) is 29.9 Å². The Morgan fingerprint density at radius 2 is 2.00 bits per heavy atom. The van der Waals surface area contributed by atoms with Crippen LogP contribution in [0.15, 0.2) is 29.6 Å². The second-order valence-electron chi connectivity index (χ2n) is 6.06. The van der Waals surface area contributed by atoms with E-state index in [9.17, 15) is 9.18 Å². The van der Waals surface area contributed by atoms with Crippen molar-refractivity contribution in [2.45, 2.75) is 32.6 Å². The van der Waals surface area contributed by atoms with Gasteiger partial charge in [0.1, 0.15) is 5.82 Å². The number of ether oxygens (including phenoxy) is 1. The van der Waals surface area contributed by atoms with E-state index in [1.807, 2.05) is 5.38 Å². The summed E-state index contributed by atoms with van der Waals surface area (Å²) < 4.78 is 18.6. The Hall–Kier alpha value is -1.83. The lowest BCUT2D eigenvalue weighted by atomic mass is 10.2. The minimum Gasteiger partial charge on any atom is -0.373 e. The van der Waals surface area contributed by atoms with Gasteiger partial charge in [-0.15, -0.1) is 11.3 Å². The van der Waals surface area contributed by atoms with Crippen LogP contribution in [-0.4, -0.2) is 41.1 Å². The number of nitrogens with zero attached hydrogens (tertiary/aromatic N) is 2. The van der Waals surface area contributed by atoms with Gasteiger partial charge in [-0.05, 0) is 38.1 Å². The summed E-state index contributed by atoms with van der Waals surface area (Å²) >= 11 is 1.39. The van der Waals surface area contributed by atoms with Crippen molar-refractivity contribution in [3.05, 3.63) is 46.7 Å². The number of rotatable bonds is 4. The zero-order chi connectivity index (χ0) is 17.1. The van der Waals surface area contributed by atoms with Crippen LogP contribution in [0.2, 0.25) is 0 Å². The van der Waals surface area contributed by atoms with Crippen molar-refractivity contribution in [3.63, 3.8) is 0 Å². The number of thiazole rings is 1. The highest BCUT2D eigenvalue weighted by atomic mass is 32.1.